The Morgan fingerprint density at radius 1 is 1.19 bits per heavy atom. The fraction of sp³-hybridized carbons (Fsp3) is 0.667. The lowest BCUT2D eigenvalue weighted by Crippen LogP contribution is -2.29. The molecule has 0 aliphatic carbocycles. The van der Waals surface area contributed by atoms with Gasteiger partial charge in [-0.15, -0.1) is 0 Å². The Labute approximate surface area is 129 Å². The first-order valence-electron chi connectivity index (χ1n) is 7.85. The minimum Gasteiger partial charge on any atom is -0.493 e. The SMILES string of the molecule is CCCOc1cc(C)c(C(C(C)CO)N(C)C)c(C)c1C. The van der Waals surface area contributed by atoms with E-state index in [0.29, 0.717) is 0 Å². The molecule has 0 radical (unpaired) electrons. The minimum absolute atomic E-state index is 0.189. The van der Waals surface area contributed by atoms with Crippen molar-refractivity contribution in [1.82, 2.24) is 4.90 Å². The number of nitrogens with zero attached hydrogens (tertiary/aromatic N) is 1. The van der Waals surface area contributed by atoms with Crippen molar-refractivity contribution in [2.24, 2.45) is 5.92 Å². The van der Waals surface area contributed by atoms with Crippen molar-refractivity contribution < 1.29 is 9.84 Å². The van der Waals surface area contributed by atoms with E-state index in [1.807, 2.05) is 0 Å². The van der Waals surface area contributed by atoms with Gasteiger partial charge in [0.1, 0.15) is 5.75 Å². The molecule has 1 rings (SSSR count). The summed E-state index contributed by atoms with van der Waals surface area (Å²) in [4.78, 5) is 2.20. The van der Waals surface area contributed by atoms with Crippen LogP contribution in [-0.2, 0) is 0 Å². The summed E-state index contributed by atoms with van der Waals surface area (Å²) in [5.41, 5.74) is 5.05. The highest BCUT2D eigenvalue weighted by Crippen LogP contribution is 2.36. The van der Waals surface area contributed by atoms with Crippen molar-refractivity contribution in [2.45, 2.75) is 47.1 Å². The van der Waals surface area contributed by atoms with Crippen molar-refractivity contribution in [3.8, 4) is 5.75 Å². The first-order chi connectivity index (χ1) is 9.84. The smallest absolute Gasteiger partial charge is 0.122 e. The summed E-state index contributed by atoms with van der Waals surface area (Å²) in [5.74, 6) is 1.18. The zero-order chi connectivity index (χ0) is 16.2. The van der Waals surface area contributed by atoms with Gasteiger partial charge in [-0.3, -0.25) is 0 Å². The van der Waals surface area contributed by atoms with Crippen LogP contribution in [0.3, 0.4) is 0 Å². The molecule has 0 aliphatic rings. The molecule has 0 aliphatic heterocycles. The fourth-order valence-corrected chi connectivity index (χ4v) is 3.03. The Kier molecular flexibility index (Phi) is 6.69. The zero-order valence-electron chi connectivity index (χ0n) is 14.7. The number of aryl methyl sites for hydroxylation is 1. The maximum Gasteiger partial charge on any atom is 0.122 e. The van der Waals surface area contributed by atoms with E-state index in [4.69, 9.17) is 4.74 Å². The van der Waals surface area contributed by atoms with E-state index in [-0.39, 0.29) is 18.6 Å². The molecule has 0 saturated heterocycles. The first-order valence-corrected chi connectivity index (χ1v) is 7.85. The van der Waals surface area contributed by atoms with E-state index in [9.17, 15) is 5.11 Å². The van der Waals surface area contributed by atoms with Gasteiger partial charge in [0.05, 0.1) is 6.61 Å². The van der Waals surface area contributed by atoms with Crippen molar-refractivity contribution in [1.29, 1.82) is 0 Å². The number of hydrogen-bond donors (Lipinski definition) is 1. The van der Waals surface area contributed by atoms with Crippen molar-refractivity contribution in [3.63, 3.8) is 0 Å². The lowest BCUT2D eigenvalue weighted by atomic mass is 9.86. The summed E-state index contributed by atoms with van der Waals surface area (Å²) in [7, 11) is 4.15. The minimum atomic E-state index is 0.189. The maximum absolute atomic E-state index is 9.59. The molecular weight excluding hydrogens is 262 g/mol. The summed E-state index contributed by atoms with van der Waals surface area (Å²) >= 11 is 0. The van der Waals surface area contributed by atoms with E-state index in [1.165, 1.54) is 22.3 Å². The standard InChI is InChI=1S/C18H31NO2/c1-8-9-21-16-10-12(2)17(15(5)14(16)4)18(19(6)7)13(3)11-20/h10,13,18,20H,8-9,11H2,1-7H3. The van der Waals surface area contributed by atoms with Crippen LogP contribution in [-0.4, -0.2) is 37.3 Å². The fourth-order valence-electron chi connectivity index (χ4n) is 3.03. The van der Waals surface area contributed by atoms with E-state index in [1.54, 1.807) is 0 Å². The van der Waals surface area contributed by atoms with Crippen LogP contribution in [0.1, 0.15) is 48.6 Å². The molecular formula is C18H31NO2. The molecule has 0 spiro atoms. The summed E-state index contributed by atoms with van der Waals surface area (Å²) in [6, 6.07) is 2.36. The number of hydrogen-bond acceptors (Lipinski definition) is 3. The second-order valence-corrected chi connectivity index (χ2v) is 6.27. The molecule has 2 unspecified atom stereocenters. The van der Waals surface area contributed by atoms with Crippen LogP contribution in [0.25, 0.3) is 0 Å². The Hall–Kier alpha value is -1.06. The van der Waals surface area contributed by atoms with E-state index in [2.05, 4.69) is 59.7 Å². The third kappa shape index (κ3) is 3.98. The molecule has 0 aromatic heterocycles. The van der Waals surface area contributed by atoms with Crippen molar-refractivity contribution in [3.05, 3.63) is 28.3 Å². The van der Waals surface area contributed by atoms with Crippen molar-refractivity contribution >= 4 is 0 Å². The summed E-state index contributed by atoms with van der Waals surface area (Å²) in [6.07, 6.45) is 1.02. The van der Waals surface area contributed by atoms with Gasteiger partial charge in [0.2, 0.25) is 0 Å². The predicted molar refractivity (Wildman–Crippen MR) is 89.1 cm³/mol. The van der Waals surface area contributed by atoms with Gasteiger partial charge in [0.15, 0.2) is 0 Å². The van der Waals surface area contributed by atoms with E-state index in [0.717, 1.165) is 18.8 Å². The molecule has 0 saturated carbocycles. The zero-order valence-corrected chi connectivity index (χ0v) is 14.7. The highest BCUT2D eigenvalue weighted by atomic mass is 16.5. The van der Waals surface area contributed by atoms with Gasteiger partial charge in [-0.1, -0.05) is 13.8 Å². The number of ether oxygens (including phenoxy) is 1. The molecule has 0 fully saturated rings. The Balaban J connectivity index is 3.33. The van der Waals surface area contributed by atoms with Gasteiger partial charge >= 0.3 is 0 Å². The Morgan fingerprint density at radius 2 is 1.81 bits per heavy atom. The topological polar surface area (TPSA) is 32.7 Å². The molecule has 3 nitrogen and oxygen atoms in total. The van der Waals surface area contributed by atoms with E-state index >= 15 is 0 Å². The second-order valence-electron chi connectivity index (χ2n) is 6.27. The average molecular weight is 293 g/mol. The van der Waals surface area contributed by atoms with Crippen LogP contribution in [0.15, 0.2) is 6.07 Å². The molecule has 3 heteroatoms. The first kappa shape index (κ1) is 18.0. The molecule has 0 heterocycles. The van der Waals surface area contributed by atoms with Crippen LogP contribution in [0.2, 0.25) is 0 Å². The highest BCUT2D eigenvalue weighted by Gasteiger charge is 2.26. The molecule has 1 N–H and O–H groups in total. The summed E-state index contributed by atoms with van der Waals surface area (Å²) in [6.45, 7) is 11.6. The van der Waals surface area contributed by atoms with Gasteiger partial charge in [-0.2, -0.15) is 0 Å². The molecule has 120 valence electrons. The van der Waals surface area contributed by atoms with Crippen LogP contribution in [0, 0.1) is 26.7 Å². The monoisotopic (exact) mass is 293 g/mol. The van der Waals surface area contributed by atoms with Crippen LogP contribution < -0.4 is 4.74 Å². The molecule has 0 bridgehead atoms. The van der Waals surface area contributed by atoms with Crippen molar-refractivity contribution in [2.75, 3.05) is 27.3 Å². The van der Waals surface area contributed by atoms with Gasteiger partial charge in [0, 0.05) is 12.6 Å². The Morgan fingerprint density at radius 3 is 2.29 bits per heavy atom. The number of rotatable bonds is 7. The molecule has 1 aromatic rings. The summed E-state index contributed by atoms with van der Waals surface area (Å²) in [5, 5.41) is 9.59. The Bertz CT molecular complexity index is 469. The lowest BCUT2D eigenvalue weighted by Gasteiger charge is -2.33. The van der Waals surface area contributed by atoms with Gasteiger partial charge in [-0.25, -0.2) is 0 Å². The number of aliphatic hydroxyl groups excluding tert-OH is 1. The predicted octanol–water partition coefficient (Wildman–Crippen LogP) is 3.63. The normalized spacial score (nSPS) is 14.3. The highest BCUT2D eigenvalue weighted by molar-refractivity contribution is 5.49. The summed E-state index contributed by atoms with van der Waals surface area (Å²) < 4.78 is 5.87. The average Bonchev–Trinajstić information content (AvgIpc) is 2.44. The van der Waals surface area contributed by atoms with Gasteiger partial charge in [0.25, 0.3) is 0 Å². The largest absolute Gasteiger partial charge is 0.493 e. The number of benzene rings is 1. The molecule has 2 atom stereocenters. The molecule has 1 aromatic carbocycles. The van der Waals surface area contributed by atoms with Crippen LogP contribution in [0.4, 0.5) is 0 Å². The van der Waals surface area contributed by atoms with E-state index < -0.39 is 0 Å². The number of aliphatic hydroxyl groups is 1. The second kappa shape index (κ2) is 7.81. The maximum atomic E-state index is 9.59. The van der Waals surface area contributed by atoms with Crippen LogP contribution >= 0.6 is 0 Å². The molecule has 0 amide bonds. The van der Waals surface area contributed by atoms with Crippen LogP contribution in [0.5, 0.6) is 5.75 Å². The van der Waals surface area contributed by atoms with Gasteiger partial charge < -0.3 is 14.7 Å². The lowest BCUT2D eigenvalue weighted by molar-refractivity contribution is 0.145. The molecule has 21 heavy (non-hydrogen) atoms. The van der Waals surface area contributed by atoms with Gasteiger partial charge in [-0.05, 0) is 75.5 Å². The third-order valence-corrected chi connectivity index (χ3v) is 4.25. The third-order valence-electron chi connectivity index (χ3n) is 4.25. The quantitative estimate of drug-likeness (QED) is 0.833.